The summed E-state index contributed by atoms with van der Waals surface area (Å²) in [7, 11) is -3.73. The van der Waals surface area contributed by atoms with E-state index in [2.05, 4.69) is 16.8 Å². The molecule has 0 atom stereocenters. The van der Waals surface area contributed by atoms with Gasteiger partial charge in [0.2, 0.25) is 9.84 Å². The molecule has 2 aliphatic heterocycles. The highest BCUT2D eigenvalue weighted by Gasteiger charge is 2.41. The molecule has 2 fully saturated rings. The van der Waals surface area contributed by atoms with Gasteiger partial charge < -0.3 is 14.4 Å². The Morgan fingerprint density at radius 3 is 2.35 bits per heavy atom. The standard InChI is InChI=1S/C24H26N2O4S/c1-2-18-7-9-19(10-8-18)31(27,28)22-17-25-21-6-4-3-5-20(21)23(22)26-13-11-24(12-14-26)29-15-16-30-24/h3-10,17H,2,11-16H2,1H3. The van der Waals surface area contributed by atoms with Crippen molar-refractivity contribution in [3.8, 4) is 0 Å². The Morgan fingerprint density at radius 1 is 1.00 bits per heavy atom. The Kier molecular flexibility index (Phi) is 5.20. The number of aryl methyl sites for hydroxylation is 1. The number of rotatable bonds is 4. The molecule has 3 aromatic rings. The number of ether oxygens (including phenoxy) is 2. The largest absolute Gasteiger partial charge is 0.369 e. The first kappa shape index (κ1) is 20.4. The summed E-state index contributed by atoms with van der Waals surface area (Å²) in [6.45, 7) is 4.60. The molecule has 1 aromatic heterocycles. The lowest BCUT2D eigenvalue weighted by atomic mass is 10.0. The fourth-order valence-electron chi connectivity index (χ4n) is 4.52. The Balaban J connectivity index is 1.60. The van der Waals surface area contributed by atoms with Crippen LogP contribution in [0.3, 0.4) is 0 Å². The lowest BCUT2D eigenvalue weighted by Gasteiger charge is -2.39. The molecule has 1 spiro atoms. The molecular weight excluding hydrogens is 412 g/mol. The van der Waals surface area contributed by atoms with Crippen LogP contribution >= 0.6 is 0 Å². The van der Waals surface area contributed by atoms with E-state index in [1.54, 1.807) is 12.1 Å². The maximum Gasteiger partial charge on any atom is 0.210 e. The number of fused-ring (bicyclic) bond motifs is 1. The van der Waals surface area contributed by atoms with E-state index in [1.807, 2.05) is 36.4 Å². The first-order valence-electron chi connectivity index (χ1n) is 10.8. The third-order valence-electron chi connectivity index (χ3n) is 6.30. The fraction of sp³-hybridized carbons (Fsp3) is 0.375. The van der Waals surface area contributed by atoms with Crippen LogP contribution in [0.5, 0.6) is 0 Å². The normalized spacial score (nSPS) is 18.7. The molecule has 0 radical (unpaired) electrons. The summed E-state index contributed by atoms with van der Waals surface area (Å²) >= 11 is 0. The minimum absolute atomic E-state index is 0.250. The summed E-state index contributed by atoms with van der Waals surface area (Å²) < 4.78 is 39.1. The van der Waals surface area contributed by atoms with E-state index in [0.29, 0.717) is 44.0 Å². The molecule has 0 aliphatic carbocycles. The monoisotopic (exact) mass is 438 g/mol. The van der Waals surface area contributed by atoms with Gasteiger partial charge in [-0.25, -0.2) is 8.42 Å². The average Bonchev–Trinajstić information content (AvgIpc) is 3.27. The van der Waals surface area contributed by atoms with Gasteiger partial charge in [-0.2, -0.15) is 0 Å². The Hall–Kier alpha value is -2.48. The van der Waals surface area contributed by atoms with Gasteiger partial charge in [-0.15, -0.1) is 0 Å². The highest BCUT2D eigenvalue weighted by Crippen LogP contribution is 2.40. The lowest BCUT2D eigenvalue weighted by molar-refractivity contribution is -0.169. The molecule has 2 saturated heterocycles. The average molecular weight is 439 g/mol. The predicted octanol–water partition coefficient (Wildman–Crippen LogP) is 3.97. The van der Waals surface area contributed by atoms with Gasteiger partial charge in [0.15, 0.2) is 5.79 Å². The molecule has 0 unspecified atom stereocenters. The quantitative estimate of drug-likeness (QED) is 0.614. The molecule has 162 valence electrons. The minimum Gasteiger partial charge on any atom is -0.369 e. The van der Waals surface area contributed by atoms with E-state index in [4.69, 9.17) is 9.47 Å². The maximum atomic E-state index is 13.7. The van der Waals surface area contributed by atoms with Crippen molar-refractivity contribution in [2.75, 3.05) is 31.2 Å². The zero-order valence-corrected chi connectivity index (χ0v) is 18.4. The molecule has 0 bridgehead atoms. The van der Waals surface area contributed by atoms with Crippen molar-refractivity contribution < 1.29 is 17.9 Å². The number of piperidine rings is 1. The van der Waals surface area contributed by atoms with Gasteiger partial charge in [0.05, 0.1) is 29.3 Å². The third kappa shape index (κ3) is 3.60. The zero-order chi connectivity index (χ0) is 21.5. The molecule has 6 nitrogen and oxygen atoms in total. The smallest absolute Gasteiger partial charge is 0.210 e. The predicted molar refractivity (Wildman–Crippen MR) is 119 cm³/mol. The Bertz CT molecular complexity index is 1190. The summed E-state index contributed by atoms with van der Waals surface area (Å²) in [6, 6.07) is 14.8. The van der Waals surface area contributed by atoms with Crippen molar-refractivity contribution in [3.05, 3.63) is 60.3 Å². The van der Waals surface area contributed by atoms with Gasteiger partial charge in [-0.3, -0.25) is 4.98 Å². The second kappa shape index (κ2) is 7.89. The summed E-state index contributed by atoms with van der Waals surface area (Å²) in [5.41, 5.74) is 2.61. The van der Waals surface area contributed by atoms with Gasteiger partial charge in [0, 0.05) is 37.5 Å². The van der Waals surface area contributed by atoms with Crippen molar-refractivity contribution in [2.24, 2.45) is 0 Å². The van der Waals surface area contributed by atoms with E-state index in [-0.39, 0.29) is 4.90 Å². The molecule has 0 amide bonds. The van der Waals surface area contributed by atoms with Crippen LogP contribution < -0.4 is 4.90 Å². The van der Waals surface area contributed by atoms with E-state index in [9.17, 15) is 8.42 Å². The molecule has 3 heterocycles. The van der Waals surface area contributed by atoms with Gasteiger partial charge in [-0.05, 0) is 30.2 Å². The molecule has 2 aliphatic rings. The van der Waals surface area contributed by atoms with Crippen LogP contribution in [0.1, 0.15) is 25.3 Å². The lowest BCUT2D eigenvalue weighted by Crippen LogP contribution is -2.45. The summed E-state index contributed by atoms with van der Waals surface area (Å²) in [6.07, 6.45) is 3.78. The summed E-state index contributed by atoms with van der Waals surface area (Å²) in [5, 5.41) is 0.845. The highest BCUT2D eigenvalue weighted by atomic mass is 32.2. The fourth-order valence-corrected chi connectivity index (χ4v) is 5.95. The Morgan fingerprint density at radius 2 is 1.68 bits per heavy atom. The summed E-state index contributed by atoms with van der Waals surface area (Å²) in [4.78, 5) is 7.16. The van der Waals surface area contributed by atoms with E-state index >= 15 is 0 Å². The van der Waals surface area contributed by atoms with E-state index in [1.165, 1.54) is 6.20 Å². The van der Waals surface area contributed by atoms with Crippen LogP contribution in [0.4, 0.5) is 5.69 Å². The van der Waals surface area contributed by atoms with Gasteiger partial charge >= 0.3 is 0 Å². The van der Waals surface area contributed by atoms with Crippen LogP contribution in [0.15, 0.2) is 64.5 Å². The van der Waals surface area contributed by atoms with Gasteiger partial charge in [-0.1, -0.05) is 37.3 Å². The number of sulfone groups is 1. The minimum atomic E-state index is -3.73. The number of nitrogens with zero attached hydrogens (tertiary/aromatic N) is 2. The van der Waals surface area contributed by atoms with Crippen molar-refractivity contribution in [1.29, 1.82) is 0 Å². The zero-order valence-electron chi connectivity index (χ0n) is 17.6. The van der Waals surface area contributed by atoms with Crippen LogP contribution in [0, 0.1) is 0 Å². The second-order valence-electron chi connectivity index (χ2n) is 8.08. The van der Waals surface area contributed by atoms with Crippen LogP contribution in [0.25, 0.3) is 10.9 Å². The molecule has 0 N–H and O–H groups in total. The van der Waals surface area contributed by atoms with Crippen molar-refractivity contribution in [2.45, 2.75) is 41.8 Å². The third-order valence-corrected chi connectivity index (χ3v) is 8.07. The highest BCUT2D eigenvalue weighted by molar-refractivity contribution is 7.91. The van der Waals surface area contributed by atoms with Gasteiger partial charge in [0.1, 0.15) is 4.90 Å². The SMILES string of the molecule is CCc1ccc(S(=O)(=O)c2cnc3ccccc3c2N2CCC3(CC2)OCCO3)cc1. The van der Waals surface area contributed by atoms with Gasteiger partial charge in [0.25, 0.3) is 0 Å². The number of hydrogen-bond acceptors (Lipinski definition) is 6. The van der Waals surface area contributed by atoms with E-state index in [0.717, 1.165) is 28.6 Å². The molecule has 31 heavy (non-hydrogen) atoms. The molecular formula is C24H26N2O4S. The first-order valence-corrected chi connectivity index (χ1v) is 12.3. The van der Waals surface area contributed by atoms with E-state index < -0.39 is 15.6 Å². The Labute approximate surface area is 182 Å². The summed E-state index contributed by atoms with van der Waals surface area (Å²) in [5.74, 6) is -0.519. The van der Waals surface area contributed by atoms with Crippen LogP contribution in [-0.2, 0) is 25.7 Å². The van der Waals surface area contributed by atoms with Crippen molar-refractivity contribution in [3.63, 3.8) is 0 Å². The molecule has 7 heteroatoms. The number of benzene rings is 2. The number of aromatic nitrogens is 1. The number of para-hydroxylation sites is 1. The van der Waals surface area contributed by atoms with Crippen molar-refractivity contribution in [1.82, 2.24) is 4.98 Å². The van der Waals surface area contributed by atoms with Crippen LogP contribution in [-0.4, -0.2) is 45.5 Å². The number of pyridine rings is 1. The maximum absolute atomic E-state index is 13.7. The second-order valence-corrected chi connectivity index (χ2v) is 10.0. The topological polar surface area (TPSA) is 68.7 Å². The molecule has 5 rings (SSSR count). The molecule has 0 saturated carbocycles. The molecule has 2 aromatic carbocycles. The number of hydrogen-bond donors (Lipinski definition) is 0. The van der Waals surface area contributed by atoms with Crippen LogP contribution in [0.2, 0.25) is 0 Å². The number of anilines is 1. The first-order chi connectivity index (χ1) is 15.0. The van der Waals surface area contributed by atoms with Crippen molar-refractivity contribution >= 4 is 26.4 Å².